The van der Waals surface area contributed by atoms with Crippen molar-refractivity contribution in [1.29, 1.82) is 0 Å². The lowest BCUT2D eigenvalue weighted by Crippen LogP contribution is -2.29. The molecular weight excluding hydrogens is 406 g/mol. The van der Waals surface area contributed by atoms with E-state index in [1.807, 2.05) is 0 Å². The fourth-order valence-electron chi connectivity index (χ4n) is 2.61. The Labute approximate surface area is 168 Å². The van der Waals surface area contributed by atoms with Crippen LogP contribution in [0, 0.1) is 0 Å². The maximum atomic E-state index is 12.3. The van der Waals surface area contributed by atoms with Gasteiger partial charge in [-0.15, -0.1) is 0 Å². The number of carbonyl (C=O) groups is 1. The second-order valence-corrected chi connectivity index (χ2v) is 7.33. The number of imidazole rings is 1. The molecule has 0 radical (unpaired) electrons. The molecule has 1 amide bonds. The Balaban J connectivity index is 1.82. The van der Waals surface area contributed by atoms with Crippen molar-refractivity contribution in [3.05, 3.63) is 50.1 Å². The van der Waals surface area contributed by atoms with Gasteiger partial charge in [-0.2, -0.15) is 0 Å². The third-order valence-corrected chi connectivity index (χ3v) is 5.17. The number of hydrogen-bond donors (Lipinski definition) is 2. The van der Waals surface area contributed by atoms with Crippen molar-refractivity contribution in [1.82, 2.24) is 19.1 Å². The lowest BCUT2D eigenvalue weighted by molar-refractivity contribution is -0.115. The maximum absolute atomic E-state index is 12.3. The molecule has 0 unspecified atom stereocenters. The number of nitrogens with one attached hydrogen (secondary N) is 1. The number of benzene rings is 1. The quantitative estimate of drug-likeness (QED) is 0.413. The van der Waals surface area contributed by atoms with Gasteiger partial charge in [-0.25, -0.2) is 9.78 Å². The highest BCUT2D eigenvalue weighted by Gasteiger charge is 2.18. The number of amides is 1. The lowest BCUT2D eigenvalue weighted by atomic mass is 10.3. The topological polar surface area (TPSA) is 125 Å². The molecule has 2 aromatic heterocycles. The first-order chi connectivity index (χ1) is 13.4. The molecule has 148 valence electrons. The van der Waals surface area contributed by atoms with Gasteiger partial charge in [-0.05, 0) is 30.7 Å². The van der Waals surface area contributed by atoms with Gasteiger partial charge in [0.1, 0.15) is 5.75 Å². The molecule has 3 N–H and O–H groups in total. The molecule has 0 saturated heterocycles. The molecule has 0 bridgehead atoms. The van der Waals surface area contributed by atoms with Crippen LogP contribution in [0.5, 0.6) is 5.75 Å². The summed E-state index contributed by atoms with van der Waals surface area (Å²) in [5.41, 5.74) is 4.64. The van der Waals surface area contributed by atoms with Gasteiger partial charge in [0.25, 0.3) is 5.56 Å². The molecule has 0 fully saturated rings. The molecular formula is C17H18ClN5O4S. The number of aryl methyl sites for hydroxylation is 2. The van der Waals surface area contributed by atoms with Gasteiger partial charge in [-0.1, -0.05) is 23.4 Å². The van der Waals surface area contributed by atoms with E-state index < -0.39 is 17.2 Å². The molecule has 1 aromatic carbocycles. The van der Waals surface area contributed by atoms with Crippen LogP contribution in [-0.2, 0) is 18.4 Å². The first-order valence-electron chi connectivity index (χ1n) is 8.36. The molecule has 0 aliphatic heterocycles. The molecule has 3 rings (SSSR count). The van der Waals surface area contributed by atoms with Crippen LogP contribution in [0.25, 0.3) is 11.2 Å². The minimum atomic E-state index is -0.556. The number of hydrogen-bond acceptors (Lipinski definition) is 6. The number of fused-ring (bicyclic) bond motifs is 1. The first-order valence-corrected chi connectivity index (χ1v) is 9.72. The van der Waals surface area contributed by atoms with Gasteiger partial charge >= 0.3 is 5.69 Å². The fourth-order valence-corrected chi connectivity index (χ4v) is 3.50. The predicted octanol–water partition coefficient (Wildman–Crippen LogP) is 1.12. The molecule has 3 aromatic rings. The van der Waals surface area contributed by atoms with E-state index in [2.05, 4.69) is 9.97 Å². The summed E-state index contributed by atoms with van der Waals surface area (Å²) in [6.07, 6.45) is 0.570. The third kappa shape index (κ3) is 4.39. The van der Waals surface area contributed by atoms with Crippen LogP contribution < -0.4 is 21.7 Å². The summed E-state index contributed by atoms with van der Waals surface area (Å²) in [7, 11) is 1.52. The van der Waals surface area contributed by atoms with E-state index in [0.29, 0.717) is 35.5 Å². The SMILES string of the molecule is Cn1c(=O)[nH]c(=O)c2c1nc(SCC(N)=O)n2CCCOc1ccc(Cl)cc1. The number of nitrogens with two attached hydrogens (primary N) is 1. The molecule has 0 aliphatic rings. The molecule has 2 heterocycles. The number of halogens is 1. The highest BCUT2D eigenvalue weighted by Crippen LogP contribution is 2.22. The van der Waals surface area contributed by atoms with Crippen LogP contribution in [0.1, 0.15) is 6.42 Å². The average molecular weight is 424 g/mol. The Morgan fingerprint density at radius 2 is 2.04 bits per heavy atom. The van der Waals surface area contributed by atoms with Crippen molar-refractivity contribution >= 4 is 40.4 Å². The van der Waals surface area contributed by atoms with Crippen LogP contribution >= 0.6 is 23.4 Å². The number of rotatable bonds is 8. The van der Waals surface area contributed by atoms with Crippen LogP contribution in [0.3, 0.4) is 0 Å². The minimum Gasteiger partial charge on any atom is -0.494 e. The van der Waals surface area contributed by atoms with Crippen LogP contribution in [0.4, 0.5) is 0 Å². The fraction of sp³-hybridized carbons (Fsp3) is 0.294. The van der Waals surface area contributed by atoms with E-state index in [1.54, 1.807) is 28.8 Å². The van der Waals surface area contributed by atoms with E-state index in [4.69, 9.17) is 22.1 Å². The zero-order valence-electron chi connectivity index (χ0n) is 15.0. The number of primary amides is 1. The number of aromatic amines is 1. The second kappa shape index (κ2) is 8.53. The number of carbonyl (C=O) groups excluding carboxylic acids is 1. The summed E-state index contributed by atoms with van der Waals surface area (Å²) >= 11 is 6.96. The van der Waals surface area contributed by atoms with Crippen molar-refractivity contribution in [3.63, 3.8) is 0 Å². The Bertz CT molecular complexity index is 1120. The molecule has 0 spiro atoms. The second-order valence-electron chi connectivity index (χ2n) is 5.95. The zero-order valence-corrected chi connectivity index (χ0v) is 16.5. The number of aromatic nitrogens is 4. The molecule has 0 aliphatic carbocycles. The van der Waals surface area contributed by atoms with Crippen LogP contribution in [-0.4, -0.2) is 37.4 Å². The molecule has 0 atom stereocenters. The summed E-state index contributed by atoms with van der Waals surface area (Å²) in [6, 6.07) is 7.00. The van der Waals surface area contributed by atoms with Crippen molar-refractivity contribution in [2.45, 2.75) is 18.1 Å². The third-order valence-electron chi connectivity index (χ3n) is 3.92. The monoisotopic (exact) mass is 423 g/mol. The number of thioether (sulfide) groups is 1. The molecule has 9 nitrogen and oxygen atoms in total. The Hall–Kier alpha value is -2.72. The van der Waals surface area contributed by atoms with Gasteiger partial charge in [0.15, 0.2) is 16.3 Å². The Kier molecular flexibility index (Phi) is 6.10. The summed E-state index contributed by atoms with van der Waals surface area (Å²) in [5.74, 6) is 0.192. The zero-order chi connectivity index (χ0) is 20.3. The minimum absolute atomic E-state index is 0.0104. The van der Waals surface area contributed by atoms with Gasteiger partial charge in [0.2, 0.25) is 5.91 Å². The van der Waals surface area contributed by atoms with Gasteiger partial charge in [0, 0.05) is 18.6 Å². The first kappa shape index (κ1) is 20.0. The summed E-state index contributed by atoms with van der Waals surface area (Å²) in [5, 5.41) is 1.06. The van der Waals surface area contributed by atoms with Crippen LogP contribution in [0.15, 0.2) is 39.0 Å². The Morgan fingerprint density at radius 1 is 1.32 bits per heavy atom. The smallest absolute Gasteiger partial charge is 0.329 e. The Morgan fingerprint density at radius 3 is 2.71 bits per heavy atom. The predicted molar refractivity (Wildman–Crippen MR) is 107 cm³/mol. The van der Waals surface area contributed by atoms with Gasteiger partial charge < -0.3 is 15.0 Å². The largest absolute Gasteiger partial charge is 0.494 e. The van der Waals surface area contributed by atoms with Crippen molar-refractivity contribution < 1.29 is 9.53 Å². The van der Waals surface area contributed by atoms with E-state index in [9.17, 15) is 14.4 Å². The molecule has 0 saturated carbocycles. The lowest BCUT2D eigenvalue weighted by Gasteiger charge is -2.09. The summed E-state index contributed by atoms with van der Waals surface area (Å²) in [6.45, 7) is 0.803. The van der Waals surface area contributed by atoms with Gasteiger partial charge in [0.05, 0.1) is 12.4 Å². The number of nitrogens with zero attached hydrogens (tertiary/aromatic N) is 3. The summed E-state index contributed by atoms with van der Waals surface area (Å²) < 4.78 is 8.60. The highest BCUT2D eigenvalue weighted by molar-refractivity contribution is 7.99. The van der Waals surface area contributed by atoms with Crippen molar-refractivity contribution in [2.24, 2.45) is 12.8 Å². The normalized spacial score (nSPS) is 11.1. The van der Waals surface area contributed by atoms with Crippen molar-refractivity contribution in [2.75, 3.05) is 12.4 Å². The highest BCUT2D eigenvalue weighted by atomic mass is 35.5. The standard InChI is InChI=1S/C17H18ClN5O4S/c1-22-14-13(15(25)21-16(22)26)23(17(20-14)28-9-12(19)24)7-2-8-27-11-5-3-10(18)4-6-11/h3-6H,2,7-9H2,1H3,(H2,19,24)(H,21,25,26). The van der Waals surface area contributed by atoms with E-state index in [0.717, 1.165) is 11.8 Å². The molecule has 28 heavy (non-hydrogen) atoms. The molecule has 11 heteroatoms. The number of H-pyrrole nitrogens is 1. The van der Waals surface area contributed by atoms with Crippen molar-refractivity contribution in [3.8, 4) is 5.75 Å². The van der Waals surface area contributed by atoms with E-state index in [1.165, 1.54) is 11.6 Å². The maximum Gasteiger partial charge on any atom is 0.329 e. The summed E-state index contributed by atoms with van der Waals surface area (Å²) in [4.78, 5) is 41.9. The van der Waals surface area contributed by atoms with Gasteiger partial charge in [-0.3, -0.25) is 19.1 Å². The average Bonchev–Trinajstić information content (AvgIpc) is 3.02. The van der Waals surface area contributed by atoms with Crippen LogP contribution in [0.2, 0.25) is 5.02 Å². The number of ether oxygens (including phenoxy) is 1. The van der Waals surface area contributed by atoms with E-state index >= 15 is 0 Å². The van der Waals surface area contributed by atoms with E-state index in [-0.39, 0.29) is 16.9 Å².